The highest BCUT2D eigenvalue weighted by atomic mass is 16.2. The monoisotopic (exact) mass is 565 g/mol. The Morgan fingerprint density at radius 3 is 2.29 bits per heavy atom. The summed E-state index contributed by atoms with van der Waals surface area (Å²) in [5.41, 5.74) is 1.51. The Hall–Kier alpha value is -3.18. The molecule has 1 N–H and O–H groups in total. The summed E-state index contributed by atoms with van der Waals surface area (Å²) in [6.07, 6.45) is 4.98. The lowest BCUT2D eigenvalue weighted by Gasteiger charge is -2.39. The fourth-order valence-corrected chi connectivity index (χ4v) is 5.55. The van der Waals surface area contributed by atoms with E-state index in [2.05, 4.69) is 30.1 Å². The smallest absolute Gasteiger partial charge is 0.249 e. The molecule has 0 aliphatic carbocycles. The number of piperidine rings is 1. The van der Waals surface area contributed by atoms with Gasteiger partial charge in [-0.2, -0.15) is 5.26 Å². The summed E-state index contributed by atoms with van der Waals surface area (Å²) in [7, 11) is 1.75. The van der Waals surface area contributed by atoms with E-state index in [1.54, 1.807) is 23.8 Å². The molecule has 3 atom stereocenters. The number of likely N-dealkylation sites (tertiary alicyclic amines) is 1. The number of carbonyl (C=O) groups excluding carboxylic acids is 3. The van der Waals surface area contributed by atoms with Crippen LogP contribution >= 0.6 is 0 Å². The van der Waals surface area contributed by atoms with Crippen LogP contribution in [0.3, 0.4) is 0 Å². The summed E-state index contributed by atoms with van der Waals surface area (Å²) in [5.74, 6) is -0.476. The van der Waals surface area contributed by atoms with Gasteiger partial charge in [-0.05, 0) is 57.6 Å². The quantitative estimate of drug-likeness (QED) is 0.348. The molecule has 1 heterocycles. The molecule has 1 aliphatic heterocycles. The number of likely N-dealkylation sites (N-methyl/N-ethyl adjacent to an activating group) is 1. The van der Waals surface area contributed by atoms with E-state index in [1.807, 2.05) is 64.1 Å². The largest absolute Gasteiger partial charge is 0.343 e. The second kappa shape index (κ2) is 16.3. The van der Waals surface area contributed by atoms with Crippen LogP contribution in [-0.2, 0) is 20.9 Å². The van der Waals surface area contributed by atoms with Crippen LogP contribution in [-0.4, -0.2) is 76.7 Å². The molecule has 2 rings (SSSR count). The van der Waals surface area contributed by atoms with Crippen molar-refractivity contribution in [1.29, 1.82) is 5.26 Å². The van der Waals surface area contributed by atoms with Gasteiger partial charge in [0.25, 0.3) is 0 Å². The van der Waals surface area contributed by atoms with Gasteiger partial charge < -0.3 is 15.1 Å². The molecular weight excluding hydrogens is 514 g/mol. The van der Waals surface area contributed by atoms with E-state index >= 15 is 0 Å². The molecule has 1 aliphatic rings. The summed E-state index contributed by atoms with van der Waals surface area (Å²) < 4.78 is 0. The Bertz CT molecular complexity index is 1080. The maximum absolute atomic E-state index is 13.9. The number of rotatable bonds is 13. The van der Waals surface area contributed by atoms with Crippen LogP contribution in [0.4, 0.5) is 0 Å². The lowest BCUT2D eigenvalue weighted by atomic mass is 9.95. The minimum atomic E-state index is -0.667. The second-order valence-electron chi connectivity index (χ2n) is 12.2. The summed E-state index contributed by atoms with van der Waals surface area (Å²) in [6, 6.07) is 10.9. The van der Waals surface area contributed by atoms with E-state index in [0.29, 0.717) is 18.7 Å². The highest BCUT2D eigenvalue weighted by molar-refractivity contribution is 5.93. The van der Waals surface area contributed by atoms with E-state index in [9.17, 15) is 14.4 Å². The molecule has 3 amide bonds. The van der Waals surface area contributed by atoms with Crippen LogP contribution in [0.25, 0.3) is 0 Å². The lowest BCUT2D eigenvalue weighted by Crippen LogP contribution is -2.58. The first-order chi connectivity index (χ1) is 19.4. The molecule has 1 fully saturated rings. The molecule has 41 heavy (non-hydrogen) atoms. The maximum Gasteiger partial charge on any atom is 0.249 e. The minimum Gasteiger partial charge on any atom is -0.343 e. The lowest BCUT2D eigenvalue weighted by molar-refractivity contribution is -0.140. The molecular formula is C33H51N5O3. The number of hydrogen-bond acceptors (Lipinski definition) is 5. The van der Waals surface area contributed by atoms with Gasteiger partial charge in [-0.3, -0.25) is 19.3 Å². The maximum atomic E-state index is 13.9. The number of nitriles is 1. The van der Waals surface area contributed by atoms with Crippen molar-refractivity contribution in [2.45, 2.75) is 105 Å². The number of amides is 3. The first-order valence-corrected chi connectivity index (χ1v) is 15.1. The Kier molecular flexibility index (Phi) is 13.5. The molecule has 0 saturated carbocycles. The van der Waals surface area contributed by atoms with E-state index in [0.717, 1.165) is 31.4 Å². The van der Waals surface area contributed by atoms with Crippen LogP contribution in [0.15, 0.2) is 42.0 Å². The minimum absolute atomic E-state index is 0.0340. The highest BCUT2D eigenvalue weighted by Crippen LogP contribution is 2.22. The van der Waals surface area contributed by atoms with Gasteiger partial charge in [-0.25, -0.2) is 0 Å². The summed E-state index contributed by atoms with van der Waals surface area (Å²) in [6.45, 7) is 15.5. The molecule has 1 aromatic rings. The van der Waals surface area contributed by atoms with E-state index in [-0.39, 0.29) is 54.1 Å². The van der Waals surface area contributed by atoms with Gasteiger partial charge in [0.1, 0.15) is 6.04 Å². The van der Waals surface area contributed by atoms with Crippen molar-refractivity contribution < 1.29 is 14.4 Å². The van der Waals surface area contributed by atoms with Gasteiger partial charge in [0, 0.05) is 31.8 Å². The number of nitrogens with one attached hydrogen (secondary N) is 1. The molecule has 1 aromatic carbocycles. The normalized spacial score (nSPS) is 17.7. The Labute approximate surface area is 247 Å². The van der Waals surface area contributed by atoms with Gasteiger partial charge in [0.2, 0.25) is 17.7 Å². The van der Waals surface area contributed by atoms with Gasteiger partial charge in [-0.1, -0.05) is 70.5 Å². The molecule has 8 heteroatoms. The first-order valence-electron chi connectivity index (χ1n) is 15.1. The van der Waals surface area contributed by atoms with Crippen LogP contribution in [0.2, 0.25) is 0 Å². The van der Waals surface area contributed by atoms with Crippen LogP contribution in [0.5, 0.6) is 0 Å². The van der Waals surface area contributed by atoms with Crippen LogP contribution in [0.1, 0.15) is 79.7 Å². The van der Waals surface area contributed by atoms with E-state index in [4.69, 9.17) is 5.26 Å². The number of carbonyl (C=O) groups is 3. The average molecular weight is 566 g/mol. The van der Waals surface area contributed by atoms with Crippen LogP contribution in [0, 0.1) is 23.2 Å². The molecule has 8 nitrogen and oxygen atoms in total. The van der Waals surface area contributed by atoms with Gasteiger partial charge >= 0.3 is 0 Å². The topological polar surface area (TPSA) is 96.8 Å². The van der Waals surface area contributed by atoms with Crippen molar-refractivity contribution in [2.24, 2.45) is 11.8 Å². The zero-order chi connectivity index (χ0) is 30.7. The molecule has 1 saturated heterocycles. The molecule has 0 radical (unpaired) electrons. The Morgan fingerprint density at radius 1 is 1.07 bits per heavy atom. The van der Waals surface area contributed by atoms with Crippen molar-refractivity contribution in [1.82, 2.24) is 20.0 Å². The summed E-state index contributed by atoms with van der Waals surface area (Å²) in [5, 5.41) is 12.3. The summed E-state index contributed by atoms with van der Waals surface area (Å²) in [4.78, 5) is 46.4. The van der Waals surface area contributed by atoms with Gasteiger partial charge in [0.05, 0.1) is 24.6 Å². The predicted octanol–water partition coefficient (Wildman–Crippen LogP) is 4.76. The number of nitrogens with zero attached hydrogens (tertiary/aromatic N) is 4. The standard InChI is InChI=1S/C33H51N5O3/c1-23(2)29(21-26(7)32(40)37(19-14-18-34)22-27-15-10-9-11-16-27)36(8)33(41)30(24(3)4)35-31(39)28-17-12-13-20-38(28)25(5)6/h9-11,15-16,21,23-25,28-30H,12-14,17,19-20,22H2,1-8H3,(H,35,39)/t28?,29-,30+/m1/s1. The predicted molar refractivity (Wildman–Crippen MR) is 163 cm³/mol. The van der Waals surface area contributed by atoms with Crippen molar-refractivity contribution in [3.63, 3.8) is 0 Å². The molecule has 0 bridgehead atoms. The molecule has 1 unspecified atom stereocenters. The first kappa shape index (κ1) is 34.0. The second-order valence-corrected chi connectivity index (χ2v) is 12.2. The Morgan fingerprint density at radius 2 is 1.73 bits per heavy atom. The molecule has 226 valence electrons. The SMILES string of the molecule is CC(=C[C@H](C(C)C)N(C)C(=O)[C@@H](NC(=O)C1CCCCN1C(C)C)C(C)C)C(=O)N(CCC#N)Cc1ccccc1. The third-order valence-electron chi connectivity index (χ3n) is 7.97. The fraction of sp³-hybridized carbons (Fsp3) is 0.636. The van der Waals surface area contributed by atoms with Gasteiger partial charge in [-0.15, -0.1) is 0 Å². The zero-order valence-electron chi connectivity index (χ0n) is 26.4. The summed E-state index contributed by atoms with van der Waals surface area (Å²) >= 11 is 0. The van der Waals surface area contributed by atoms with E-state index in [1.165, 1.54) is 0 Å². The zero-order valence-corrected chi connectivity index (χ0v) is 26.4. The number of hydrogen-bond donors (Lipinski definition) is 1. The van der Waals surface area contributed by atoms with Crippen LogP contribution < -0.4 is 5.32 Å². The third-order valence-corrected chi connectivity index (χ3v) is 7.97. The molecule has 0 aromatic heterocycles. The Balaban J connectivity index is 2.25. The fourth-order valence-electron chi connectivity index (χ4n) is 5.55. The van der Waals surface area contributed by atoms with Crippen molar-refractivity contribution in [3.05, 3.63) is 47.5 Å². The third kappa shape index (κ3) is 9.71. The molecule has 0 spiro atoms. The van der Waals surface area contributed by atoms with E-state index < -0.39 is 6.04 Å². The average Bonchev–Trinajstić information content (AvgIpc) is 2.95. The van der Waals surface area contributed by atoms with Crippen molar-refractivity contribution in [3.8, 4) is 6.07 Å². The van der Waals surface area contributed by atoms with Crippen molar-refractivity contribution >= 4 is 17.7 Å². The van der Waals surface area contributed by atoms with Crippen molar-refractivity contribution in [2.75, 3.05) is 20.1 Å². The number of benzene rings is 1. The highest BCUT2D eigenvalue weighted by Gasteiger charge is 2.36. The van der Waals surface area contributed by atoms with Gasteiger partial charge in [0.15, 0.2) is 0 Å².